The number of nitrogens with one attached hydrogen (secondary N) is 1. The third kappa shape index (κ3) is 4.07. The molecule has 3 heteroatoms. The summed E-state index contributed by atoms with van der Waals surface area (Å²) in [5, 5.41) is 0. The Balaban J connectivity index is 1.29. The molecule has 5 rings (SSSR count). The smallest absolute Gasteiger partial charge is 0.0463 e. The van der Waals surface area contributed by atoms with Crippen LogP contribution in [0.1, 0.15) is 12.0 Å². The van der Waals surface area contributed by atoms with Gasteiger partial charge in [0.25, 0.3) is 0 Å². The van der Waals surface area contributed by atoms with E-state index in [-0.39, 0.29) is 0 Å². The van der Waals surface area contributed by atoms with Crippen molar-refractivity contribution in [2.24, 2.45) is 0 Å². The van der Waals surface area contributed by atoms with Crippen molar-refractivity contribution >= 4 is 29.0 Å². The SMILES string of the molecule is c1ccc(-c2ccc(SNc3cccc(N4CCCc5ccccc54)c3)cc2)cc1. The molecule has 2 nitrogen and oxygen atoms in total. The van der Waals surface area contributed by atoms with Crippen molar-refractivity contribution in [1.29, 1.82) is 0 Å². The van der Waals surface area contributed by atoms with Crippen LogP contribution in [0.4, 0.5) is 17.1 Å². The second-order valence-electron chi connectivity index (χ2n) is 7.53. The van der Waals surface area contributed by atoms with Crippen LogP contribution < -0.4 is 9.62 Å². The van der Waals surface area contributed by atoms with E-state index < -0.39 is 0 Å². The molecule has 0 saturated heterocycles. The molecule has 30 heavy (non-hydrogen) atoms. The van der Waals surface area contributed by atoms with E-state index in [0.29, 0.717) is 0 Å². The lowest BCUT2D eigenvalue weighted by atomic mass is 10.0. The normalized spacial score (nSPS) is 13.0. The Hall–Kier alpha value is -3.17. The summed E-state index contributed by atoms with van der Waals surface area (Å²) < 4.78 is 3.51. The molecule has 0 amide bonds. The summed E-state index contributed by atoms with van der Waals surface area (Å²) in [6.07, 6.45) is 2.36. The van der Waals surface area contributed by atoms with Crippen LogP contribution in [-0.4, -0.2) is 6.54 Å². The number of nitrogens with zero attached hydrogens (tertiary/aromatic N) is 1. The minimum absolute atomic E-state index is 1.06. The molecule has 1 aliphatic rings. The fraction of sp³-hybridized carbons (Fsp3) is 0.111. The number of para-hydroxylation sites is 1. The number of hydrogen-bond donors (Lipinski definition) is 1. The highest BCUT2D eigenvalue weighted by atomic mass is 32.2. The van der Waals surface area contributed by atoms with Crippen molar-refractivity contribution in [3.8, 4) is 11.1 Å². The maximum Gasteiger partial charge on any atom is 0.0463 e. The summed E-state index contributed by atoms with van der Waals surface area (Å²) in [7, 11) is 0. The van der Waals surface area contributed by atoms with Gasteiger partial charge in [0.2, 0.25) is 0 Å². The zero-order valence-corrected chi connectivity index (χ0v) is 17.6. The van der Waals surface area contributed by atoms with E-state index in [4.69, 9.17) is 0 Å². The second kappa shape index (κ2) is 8.68. The van der Waals surface area contributed by atoms with E-state index >= 15 is 0 Å². The average Bonchev–Trinajstić information content (AvgIpc) is 2.83. The Morgan fingerprint density at radius 3 is 2.33 bits per heavy atom. The van der Waals surface area contributed by atoms with Crippen LogP contribution in [0.15, 0.2) is 108 Å². The van der Waals surface area contributed by atoms with Crippen molar-refractivity contribution in [3.63, 3.8) is 0 Å². The van der Waals surface area contributed by atoms with Crippen molar-refractivity contribution < 1.29 is 0 Å². The van der Waals surface area contributed by atoms with Crippen LogP contribution in [0.5, 0.6) is 0 Å². The average molecular weight is 409 g/mol. The third-order valence-electron chi connectivity index (χ3n) is 5.52. The fourth-order valence-corrected chi connectivity index (χ4v) is 4.64. The molecular weight excluding hydrogens is 384 g/mol. The van der Waals surface area contributed by atoms with Crippen LogP contribution in [0.3, 0.4) is 0 Å². The zero-order chi connectivity index (χ0) is 20.2. The second-order valence-corrected chi connectivity index (χ2v) is 8.41. The molecule has 0 saturated carbocycles. The fourth-order valence-electron chi connectivity index (χ4n) is 4.00. The maximum absolute atomic E-state index is 3.51. The van der Waals surface area contributed by atoms with Gasteiger partial charge >= 0.3 is 0 Å². The van der Waals surface area contributed by atoms with Gasteiger partial charge in [-0.3, -0.25) is 0 Å². The lowest BCUT2D eigenvalue weighted by molar-refractivity contribution is 0.767. The van der Waals surface area contributed by atoms with Crippen molar-refractivity contribution in [2.75, 3.05) is 16.2 Å². The van der Waals surface area contributed by atoms with Gasteiger partial charge in [0.05, 0.1) is 0 Å². The van der Waals surface area contributed by atoms with Gasteiger partial charge < -0.3 is 9.62 Å². The van der Waals surface area contributed by atoms with Crippen LogP contribution in [0.25, 0.3) is 11.1 Å². The molecule has 4 aromatic rings. The molecule has 4 aromatic carbocycles. The summed E-state index contributed by atoms with van der Waals surface area (Å²) in [4.78, 5) is 3.63. The topological polar surface area (TPSA) is 15.3 Å². The Morgan fingerprint density at radius 2 is 1.47 bits per heavy atom. The first-order chi connectivity index (χ1) is 14.9. The molecular formula is C27H24N2S. The Morgan fingerprint density at radius 1 is 0.700 bits per heavy atom. The summed E-state index contributed by atoms with van der Waals surface area (Å²) in [5.41, 5.74) is 7.63. The molecule has 0 spiro atoms. The summed E-state index contributed by atoms with van der Waals surface area (Å²) >= 11 is 1.65. The predicted molar refractivity (Wildman–Crippen MR) is 130 cm³/mol. The van der Waals surface area contributed by atoms with Crippen molar-refractivity contribution in [3.05, 3.63) is 109 Å². The van der Waals surface area contributed by atoms with Crippen LogP contribution >= 0.6 is 11.9 Å². The quantitative estimate of drug-likeness (QED) is 0.343. The maximum atomic E-state index is 3.51. The molecule has 0 unspecified atom stereocenters. The molecule has 1 aliphatic heterocycles. The Labute approximate surface area is 182 Å². The van der Waals surface area contributed by atoms with Crippen LogP contribution in [0.2, 0.25) is 0 Å². The molecule has 0 aliphatic carbocycles. The van der Waals surface area contributed by atoms with Gasteiger partial charge in [-0.15, -0.1) is 0 Å². The van der Waals surface area contributed by atoms with Gasteiger partial charge in [0.1, 0.15) is 0 Å². The number of benzene rings is 4. The minimum Gasteiger partial charge on any atom is -0.341 e. The monoisotopic (exact) mass is 408 g/mol. The van der Waals surface area contributed by atoms with Gasteiger partial charge in [0, 0.05) is 28.5 Å². The summed E-state index contributed by atoms with van der Waals surface area (Å²) in [5.74, 6) is 0. The number of aryl methyl sites for hydroxylation is 1. The van der Waals surface area contributed by atoms with Crippen molar-refractivity contribution in [2.45, 2.75) is 17.7 Å². The van der Waals surface area contributed by atoms with Gasteiger partial charge in [0.15, 0.2) is 0 Å². The predicted octanol–water partition coefficient (Wildman–Crippen LogP) is 7.56. The van der Waals surface area contributed by atoms with E-state index in [1.165, 1.54) is 45.8 Å². The minimum atomic E-state index is 1.06. The molecule has 0 aromatic heterocycles. The van der Waals surface area contributed by atoms with E-state index in [9.17, 15) is 0 Å². The molecule has 0 atom stereocenters. The lowest BCUT2D eigenvalue weighted by Crippen LogP contribution is -2.24. The molecule has 148 valence electrons. The first kappa shape index (κ1) is 18.8. The van der Waals surface area contributed by atoms with E-state index in [2.05, 4.69) is 107 Å². The number of hydrogen-bond acceptors (Lipinski definition) is 3. The highest BCUT2D eigenvalue weighted by molar-refractivity contribution is 8.00. The Kier molecular flexibility index (Phi) is 5.45. The zero-order valence-electron chi connectivity index (χ0n) is 16.8. The molecule has 1 N–H and O–H groups in total. The molecule has 0 bridgehead atoms. The first-order valence-electron chi connectivity index (χ1n) is 10.4. The van der Waals surface area contributed by atoms with E-state index in [1.807, 2.05) is 6.07 Å². The van der Waals surface area contributed by atoms with Gasteiger partial charge in [-0.1, -0.05) is 66.7 Å². The van der Waals surface area contributed by atoms with Crippen molar-refractivity contribution in [1.82, 2.24) is 0 Å². The van der Waals surface area contributed by atoms with Crippen LogP contribution in [0, 0.1) is 0 Å². The highest BCUT2D eigenvalue weighted by Crippen LogP contribution is 2.35. The summed E-state index contributed by atoms with van der Waals surface area (Å²) in [6.45, 7) is 1.06. The van der Waals surface area contributed by atoms with E-state index in [0.717, 1.165) is 12.2 Å². The van der Waals surface area contributed by atoms with E-state index in [1.54, 1.807) is 11.9 Å². The highest BCUT2D eigenvalue weighted by Gasteiger charge is 2.17. The van der Waals surface area contributed by atoms with Gasteiger partial charge in [-0.2, -0.15) is 0 Å². The summed E-state index contributed by atoms with van der Waals surface area (Å²) in [6, 6.07) is 36.7. The third-order valence-corrected chi connectivity index (χ3v) is 6.36. The largest absolute Gasteiger partial charge is 0.341 e. The van der Waals surface area contributed by atoms with Gasteiger partial charge in [-0.25, -0.2) is 0 Å². The lowest BCUT2D eigenvalue weighted by Gasteiger charge is -2.31. The molecule has 0 radical (unpaired) electrons. The molecule has 0 fully saturated rings. The molecule has 1 heterocycles. The number of anilines is 3. The Bertz CT molecular complexity index is 1120. The standard InChI is InChI=1S/C27H24N2S/c1-2-8-21(9-3-1)22-15-17-26(18-16-22)30-28-24-12-6-13-25(20-24)29-19-7-11-23-10-4-5-14-27(23)29/h1-6,8-10,12-18,20,28H,7,11,19H2. The number of fused-ring (bicyclic) bond motifs is 1. The first-order valence-corrected chi connectivity index (χ1v) is 11.2. The van der Waals surface area contributed by atoms with Crippen LogP contribution in [-0.2, 0) is 6.42 Å². The van der Waals surface area contributed by atoms with Gasteiger partial charge in [-0.05, 0) is 77.9 Å². The number of rotatable bonds is 5.